The summed E-state index contributed by atoms with van der Waals surface area (Å²) in [6, 6.07) is 13.3. The molecule has 0 aliphatic rings. The number of nitrogens with zero attached hydrogens (tertiary/aromatic N) is 4. The zero-order valence-electron chi connectivity index (χ0n) is 14.8. The van der Waals surface area contributed by atoms with Crippen molar-refractivity contribution in [2.75, 3.05) is 10.6 Å². The van der Waals surface area contributed by atoms with Crippen LogP contribution in [0, 0.1) is 6.92 Å². The summed E-state index contributed by atoms with van der Waals surface area (Å²) < 4.78 is 1.58. The van der Waals surface area contributed by atoms with Crippen LogP contribution in [0.25, 0.3) is 5.65 Å². The number of aromatic nitrogens is 4. The Morgan fingerprint density at radius 3 is 2.74 bits per heavy atom. The quantitative estimate of drug-likeness (QED) is 0.572. The molecular weight excluding hydrogens is 340 g/mol. The molecule has 0 aliphatic heterocycles. The molecule has 0 atom stereocenters. The molecule has 0 saturated carbocycles. The SMILES string of the molecule is Cc1ccc(NC(=O)c2cnn3ccc(NCc4cccnc4)nc23)cc1. The summed E-state index contributed by atoms with van der Waals surface area (Å²) in [5.41, 5.74) is 3.83. The first-order valence-corrected chi connectivity index (χ1v) is 8.54. The molecule has 0 saturated heterocycles. The standard InChI is InChI=1S/C20H18N6O/c1-14-4-6-16(7-5-14)24-20(27)17-13-23-26-10-8-18(25-19(17)26)22-12-15-3-2-9-21-11-15/h2-11,13H,12H2,1H3,(H,22,25)(H,24,27). The maximum absolute atomic E-state index is 12.6. The molecule has 0 fully saturated rings. The third-order valence-electron chi connectivity index (χ3n) is 4.12. The minimum absolute atomic E-state index is 0.245. The van der Waals surface area contributed by atoms with Crippen LogP contribution in [0.4, 0.5) is 11.5 Å². The van der Waals surface area contributed by atoms with Crippen LogP contribution in [0.2, 0.25) is 0 Å². The van der Waals surface area contributed by atoms with Crippen molar-refractivity contribution in [2.24, 2.45) is 0 Å². The van der Waals surface area contributed by atoms with Gasteiger partial charge >= 0.3 is 0 Å². The Bertz CT molecular complexity index is 1070. The highest BCUT2D eigenvalue weighted by Crippen LogP contribution is 2.15. The van der Waals surface area contributed by atoms with Crippen LogP contribution in [0.5, 0.6) is 0 Å². The number of fused-ring (bicyclic) bond motifs is 1. The van der Waals surface area contributed by atoms with Crippen molar-refractivity contribution in [3.05, 3.63) is 83.9 Å². The topological polar surface area (TPSA) is 84.2 Å². The van der Waals surface area contributed by atoms with E-state index in [9.17, 15) is 4.79 Å². The zero-order chi connectivity index (χ0) is 18.6. The van der Waals surface area contributed by atoms with E-state index in [1.54, 1.807) is 23.1 Å². The number of benzene rings is 1. The average Bonchev–Trinajstić information content (AvgIpc) is 3.12. The number of rotatable bonds is 5. The van der Waals surface area contributed by atoms with Gasteiger partial charge in [-0.3, -0.25) is 9.78 Å². The van der Waals surface area contributed by atoms with Crippen LogP contribution in [0.15, 0.2) is 67.3 Å². The number of pyridine rings is 1. The number of carbonyl (C=O) groups excluding carboxylic acids is 1. The molecule has 0 bridgehead atoms. The number of anilines is 2. The maximum Gasteiger partial charge on any atom is 0.261 e. The molecule has 0 aliphatic carbocycles. The van der Waals surface area contributed by atoms with E-state index in [1.807, 2.05) is 49.4 Å². The number of nitrogens with one attached hydrogen (secondary N) is 2. The Morgan fingerprint density at radius 1 is 1.11 bits per heavy atom. The summed E-state index contributed by atoms with van der Waals surface area (Å²) in [7, 11) is 0. The molecule has 4 rings (SSSR count). The monoisotopic (exact) mass is 358 g/mol. The second-order valence-electron chi connectivity index (χ2n) is 6.17. The van der Waals surface area contributed by atoms with Crippen LogP contribution >= 0.6 is 0 Å². The normalized spacial score (nSPS) is 10.7. The third kappa shape index (κ3) is 3.77. The Balaban J connectivity index is 1.54. The Labute approximate surface area is 156 Å². The minimum atomic E-state index is -0.245. The molecule has 7 nitrogen and oxygen atoms in total. The molecule has 0 radical (unpaired) electrons. The van der Waals surface area contributed by atoms with Crippen molar-refractivity contribution in [2.45, 2.75) is 13.5 Å². The van der Waals surface area contributed by atoms with E-state index in [0.29, 0.717) is 23.6 Å². The fraction of sp³-hybridized carbons (Fsp3) is 0.100. The Hall–Kier alpha value is -3.74. The summed E-state index contributed by atoms with van der Waals surface area (Å²) in [6.07, 6.45) is 6.83. The van der Waals surface area contributed by atoms with Gasteiger partial charge in [-0.15, -0.1) is 0 Å². The van der Waals surface area contributed by atoms with Crippen LogP contribution < -0.4 is 10.6 Å². The maximum atomic E-state index is 12.6. The molecular formula is C20H18N6O. The minimum Gasteiger partial charge on any atom is -0.366 e. The van der Waals surface area contributed by atoms with Gasteiger partial charge < -0.3 is 10.6 Å². The summed E-state index contributed by atoms with van der Waals surface area (Å²) in [6.45, 7) is 2.59. The zero-order valence-corrected chi connectivity index (χ0v) is 14.8. The van der Waals surface area contributed by atoms with Crippen molar-refractivity contribution >= 4 is 23.1 Å². The predicted octanol–water partition coefficient (Wildman–Crippen LogP) is 3.30. The highest BCUT2D eigenvalue weighted by atomic mass is 16.1. The number of hydrogen-bond donors (Lipinski definition) is 2. The molecule has 1 amide bonds. The molecule has 2 N–H and O–H groups in total. The first kappa shape index (κ1) is 16.7. The average molecular weight is 358 g/mol. The lowest BCUT2D eigenvalue weighted by Gasteiger charge is -2.07. The van der Waals surface area contributed by atoms with Crippen molar-refractivity contribution < 1.29 is 4.79 Å². The van der Waals surface area contributed by atoms with Gasteiger partial charge in [-0.1, -0.05) is 23.8 Å². The van der Waals surface area contributed by atoms with Crippen LogP contribution in [-0.4, -0.2) is 25.5 Å². The summed E-state index contributed by atoms with van der Waals surface area (Å²) in [5, 5.41) is 10.3. The van der Waals surface area contributed by atoms with Gasteiger partial charge in [0.2, 0.25) is 0 Å². The second kappa shape index (κ2) is 7.25. The van der Waals surface area contributed by atoms with E-state index < -0.39 is 0 Å². The summed E-state index contributed by atoms with van der Waals surface area (Å²) >= 11 is 0. The number of carbonyl (C=O) groups is 1. The highest BCUT2D eigenvalue weighted by Gasteiger charge is 2.15. The lowest BCUT2D eigenvalue weighted by atomic mass is 10.2. The first-order valence-electron chi connectivity index (χ1n) is 8.54. The number of amides is 1. The van der Waals surface area contributed by atoms with Crippen molar-refractivity contribution in [1.29, 1.82) is 0 Å². The lowest BCUT2D eigenvalue weighted by Crippen LogP contribution is -2.12. The van der Waals surface area contributed by atoms with Crippen molar-refractivity contribution in [1.82, 2.24) is 19.6 Å². The third-order valence-corrected chi connectivity index (χ3v) is 4.12. The Morgan fingerprint density at radius 2 is 1.96 bits per heavy atom. The molecule has 7 heteroatoms. The van der Waals surface area contributed by atoms with E-state index in [0.717, 1.165) is 16.8 Å². The highest BCUT2D eigenvalue weighted by molar-refractivity contribution is 6.08. The fourth-order valence-electron chi connectivity index (χ4n) is 2.66. The first-order chi connectivity index (χ1) is 13.2. The second-order valence-corrected chi connectivity index (χ2v) is 6.17. The Kier molecular flexibility index (Phi) is 4.49. The molecule has 3 heterocycles. The molecule has 0 spiro atoms. The van der Waals surface area contributed by atoms with Gasteiger partial charge in [0.15, 0.2) is 5.65 Å². The van der Waals surface area contributed by atoms with Gasteiger partial charge in [-0.05, 0) is 36.8 Å². The number of hydrogen-bond acceptors (Lipinski definition) is 5. The lowest BCUT2D eigenvalue weighted by molar-refractivity contribution is 0.102. The largest absolute Gasteiger partial charge is 0.366 e. The van der Waals surface area contributed by atoms with Gasteiger partial charge in [0.25, 0.3) is 5.91 Å². The van der Waals surface area contributed by atoms with E-state index in [4.69, 9.17) is 0 Å². The van der Waals surface area contributed by atoms with Crippen molar-refractivity contribution in [3.63, 3.8) is 0 Å². The van der Waals surface area contributed by atoms with Gasteiger partial charge in [0, 0.05) is 30.8 Å². The van der Waals surface area contributed by atoms with Gasteiger partial charge in [0.1, 0.15) is 11.4 Å². The predicted molar refractivity (Wildman–Crippen MR) is 104 cm³/mol. The molecule has 134 valence electrons. The molecule has 0 unspecified atom stereocenters. The number of aryl methyl sites for hydroxylation is 1. The van der Waals surface area contributed by atoms with Crippen LogP contribution in [0.1, 0.15) is 21.5 Å². The van der Waals surface area contributed by atoms with E-state index in [2.05, 4.69) is 25.7 Å². The fourth-order valence-corrected chi connectivity index (χ4v) is 2.66. The van der Waals surface area contributed by atoms with Gasteiger partial charge in [-0.25, -0.2) is 9.50 Å². The van der Waals surface area contributed by atoms with Gasteiger partial charge in [-0.2, -0.15) is 5.10 Å². The van der Waals surface area contributed by atoms with E-state index >= 15 is 0 Å². The van der Waals surface area contributed by atoms with Crippen LogP contribution in [0.3, 0.4) is 0 Å². The smallest absolute Gasteiger partial charge is 0.261 e. The summed E-state index contributed by atoms with van der Waals surface area (Å²) in [4.78, 5) is 21.3. The molecule has 27 heavy (non-hydrogen) atoms. The molecule has 3 aromatic heterocycles. The van der Waals surface area contributed by atoms with E-state index in [1.165, 1.54) is 6.20 Å². The van der Waals surface area contributed by atoms with Gasteiger partial charge in [0.05, 0.1) is 6.20 Å². The van der Waals surface area contributed by atoms with E-state index in [-0.39, 0.29) is 5.91 Å². The molecule has 4 aromatic rings. The van der Waals surface area contributed by atoms with Crippen molar-refractivity contribution in [3.8, 4) is 0 Å². The summed E-state index contributed by atoms with van der Waals surface area (Å²) in [5.74, 6) is 0.419. The molecule has 1 aromatic carbocycles. The van der Waals surface area contributed by atoms with Crippen LogP contribution in [-0.2, 0) is 6.54 Å².